The molecule has 1 fully saturated rings. The number of nitrogens with zero attached hydrogens (tertiary/aromatic N) is 2. The van der Waals surface area contributed by atoms with Gasteiger partial charge in [-0.15, -0.1) is 0 Å². The van der Waals surface area contributed by atoms with E-state index in [9.17, 15) is 9.59 Å². The fourth-order valence-electron chi connectivity index (χ4n) is 3.05. The van der Waals surface area contributed by atoms with Crippen molar-refractivity contribution in [2.24, 2.45) is 5.92 Å². The number of H-pyrrole nitrogens is 1. The van der Waals surface area contributed by atoms with E-state index in [-0.39, 0.29) is 17.7 Å². The second kappa shape index (κ2) is 7.27. The van der Waals surface area contributed by atoms with Crippen LogP contribution in [0.4, 0.5) is 5.69 Å². The molecule has 25 heavy (non-hydrogen) atoms. The number of anilines is 1. The molecule has 0 aliphatic carbocycles. The van der Waals surface area contributed by atoms with Gasteiger partial charge in [-0.1, -0.05) is 20.8 Å². The van der Waals surface area contributed by atoms with Gasteiger partial charge in [0, 0.05) is 48.7 Å². The zero-order chi connectivity index (χ0) is 18.0. The lowest BCUT2D eigenvalue weighted by molar-refractivity contribution is -0.118. The van der Waals surface area contributed by atoms with Crippen LogP contribution >= 0.6 is 0 Å². The number of likely N-dealkylation sites (N-methyl/N-ethyl adjacent to an activating group) is 1. The van der Waals surface area contributed by atoms with Crippen molar-refractivity contribution >= 4 is 28.4 Å². The van der Waals surface area contributed by atoms with Crippen LogP contribution in [0.2, 0.25) is 0 Å². The summed E-state index contributed by atoms with van der Waals surface area (Å²) in [6, 6.07) is 7.53. The summed E-state index contributed by atoms with van der Waals surface area (Å²) in [5, 5.41) is 3.82. The van der Waals surface area contributed by atoms with E-state index in [1.54, 1.807) is 0 Å². The van der Waals surface area contributed by atoms with Gasteiger partial charge >= 0.3 is 0 Å². The third-order valence-corrected chi connectivity index (χ3v) is 4.75. The quantitative estimate of drug-likeness (QED) is 0.897. The van der Waals surface area contributed by atoms with Gasteiger partial charge in [-0.05, 0) is 30.8 Å². The Morgan fingerprint density at radius 3 is 2.52 bits per heavy atom. The van der Waals surface area contributed by atoms with E-state index in [0.717, 1.165) is 49.3 Å². The van der Waals surface area contributed by atoms with Crippen molar-refractivity contribution in [3.63, 3.8) is 0 Å². The fraction of sp³-hybridized carbons (Fsp3) is 0.474. The van der Waals surface area contributed by atoms with Crippen LogP contribution in [0.15, 0.2) is 24.3 Å². The minimum atomic E-state index is -0.0687. The Morgan fingerprint density at radius 1 is 1.16 bits per heavy atom. The van der Waals surface area contributed by atoms with Crippen LogP contribution < -0.4 is 5.32 Å². The second-order valence-electron chi connectivity index (χ2n) is 6.86. The number of amides is 2. The van der Waals surface area contributed by atoms with Crippen molar-refractivity contribution in [3.8, 4) is 0 Å². The molecular weight excluding hydrogens is 316 g/mol. The first-order chi connectivity index (χ1) is 12.0. The van der Waals surface area contributed by atoms with Crippen molar-refractivity contribution in [1.29, 1.82) is 0 Å². The van der Waals surface area contributed by atoms with Gasteiger partial charge in [-0.3, -0.25) is 9.59 Å². The standard InChI is InChI=1S/C19H26N4O2/c1-4-22-7-9-23(10-8-22)19(25)17-12-14-11-15(5-6-16(14)21-17)20-18(24)13(2)3/h5-6,11-13,21H,4,7-10H2,1-3H3,(H,20,24). The number of rotatable bonds is 4. The largest absolute Gasteiger partial charge is 0.351 e. The zero-order valence-corrected chi connectivity index (χ0v) is 15.1. The fourth-order valence-corrected chi connectivity index (χ4v) is 3.05. The molecule has 0 spiro atoms. The predicted molar refractivity (Wildman–Crippen MR) is 99.8 cm³/mol. The molecule has 0 bridgehead atoms. The highest BCUT2D eigenvalue weighted by Gasteiger charge is 2.22. The van der Waals surface area contributed by atoms with Crippen LogP contribution in [0.25, 0.3) is 10.9 Å². The summed E-state index contributed by atoms with van der Waals surface area (Å²) in [6.07, 6.45) is 0. The zero-order valence-electron chi connectivity index (χ0n) is 15.1. The number of piperazine rings is 1. The molecule has 0 radical (unpaired) electrons. The maximum absolute atomic E-state index is 12.7. The van der Waals surface area contributed by atoms with E-state index in [0.29, 0.717) is 5.69 Å². The van der Waals surface area contributed by atoms with Gasteiger partial charge in [-0.25, -0.2) is 0 Å². The molecule has 2 aromatic rings. The molecule has 134 valence electrons. The SMILES string of the molecule is CCN1CCN(C(=O)c2cc3cc(NC(=O)C(C)C)ccc3[nH]2)CC1. The van der Waals surface area contributed by atoms with E-state index < -0.39 is 0 Å². The van der Waals surface area contributed by atoms with Crippen LogP contribution in [-0.4, -0.2) is 59.3 Å². The predicted octanol–water partition coefficient (Wildman–Crippen LogP) is 2.54. The Balaban J connectivity index is 1.74. The molecular formula is C19H26N4O2. The molecule has 1 aliphatic rings. The van der Waals surface area contributed by atoms with Gasteiger partial charge in [-0.2, -0.15) is 0 Å². The molecule has 3 rings (SSSR count). The summed E-state index contributed by atoms with van der Waals surface area (Å²) >= 11 is 0. The van der Waals surface area contributed by atoms with E-state index in [1.165, 1.54) is 0 Å². The van der Waals surface area contributed by atoms with Crippen molar-refractivity contribution in [1.82, 2.24) is 14.8 Å². The summed E-state index contributed by atoms with van der Waals surface area (Å²) in [6.45, 7) is 10.3. The molecule has 1 aromatic carbocycles. The molecule has 0 saturated carbocycles. The molecule has 1 saturated heterocycles. The lowest BCUT2D eigenvalue weighted by Gasteiger charge is -2.33. The molecule has 1 aromatic heterocycles. The molecule has 0 atom stereocenters. The summed E-state index contributed by atoms with van der Waals surface area (Å²) in [5.74, 6) is -0.0412. The van der Waals surface area contributed by atoms with E-state index >= 15 is 0 Å². The second-order valence-corrected chi connectivity index (χ2v) is 6.86. The van der Waals surface area contributed by atoms with Gasteiger partial charge < -0.3 is 20.1 Å². The van der Waals surface area contributed by atoms with Gasteiger partial charge in [0.1, 0.15) is 5.69 Å². The van der Waals surface area contributed by atoms with Crippen LogP contribution in [0.3, 0.4) is 0 Å². The number of hydrogen-bond donors (Lipinski definition) is 2. The van der Waals surface area contributed by atoms with Gasteiger partial charge in [0.05, 0.1) is 0 Å². The molecule has 0 unspecified atom stereocenters. The Labute approximate surface area is 148 Å². The molecule has 6 nitrogen and oxygen atoms in total. The van der Waals surface area contributed by atoms with Crippen LogP contribution in [-0.2, 0) is 4.79 Å². The number of benzene rings is 1. The molecule has 1 aliphatic heterocycles. The minimum Gasteiger partial charge on any atom is -0.351 e. The number of aromatic nitrogens is 1. The summed E-state index contributed by atoms with van der Waals surface area (Å²) in [7, 11) is 0. The first-order valence-electron chi connectivity index (χ1n) is 8.93. The lowest BCUT2D eigenvalue weighted by Crippen LogP contribution is -2.48. The third kappa shape index (κ3) is 3.85. The van der Waals surface area contributed by atoms with Crippen LogP contribution in [0.1, 0.15) is 31.3 Å². The third-order valence-electron chi connectivity index (χ3n) is 4.75. The topological polar surface area (TPSA) is 68.4 Å². The number of fused-ring (bicyclic) bond motifs is 1. The Kier molecular flexibility index (Phi) is 5.08. The summed E-state index contributed by atoms with van der Waals surface area (Å²) in [4.78, 5) is 32.0. The monoisotopic (exact) mass is 342 g/mol. The highest BCUT2D eigenvalue weighted by atomic mass is 16.2. The number of carbonyl (C=O) groups is 2. The molecule has 2 N–H and O–H groups in total. The van der Waals surface area contributed by atoms with Gasteiger partial charge in [0.25, 0.3) is 5.91 Å². The lowest BCUT2D eigenvalue weighted by atomic mass is 10.2. The van der Waals surface area contributed by atoms with Crippen LogP contribution in [0.5, 0.6) is 0 Å². The summed E-state index contributed by atoms with van der Waals surface area (Å²) in [5.41, 5.74) is 2.26. The average Bonchev–Trinajstić information content (AvgIpc) is 3.04. The first-order valence-corrected chi connectivity index (χ1v) is 8.93. The molecule has 6 heteroatoms. The average molecular weight is 342 g/mol. The maximum atomic E-state index is 12.7. The number of nitrogens with one attached hydrogen (secondary N) is 2. The Morgan fingerprint density at radius 2 is 1.88 bits per heavy atom. The Hall–Kier alpha value is -2.34. The Bertz CT molecular complexity index is 773. The van der Waals surface area contributed by atoms with E-state index in [2.05, 4.69) is 22.1 Å². The van der Waals surface area contributed by atoms with E-state index in [4.69, 9.17) is 0 Å². The van der Waals surface area contributed by atoms with Crippen LogP contribution in [0, 0.1) is 5.92 Å². The number of carbonyl (C=O) groups excluding carboxylic acids is 2. The van der Waals surface area contributed by atoms with Crippen molar-refractivity contribution in [3.05, 3.63) is 30.0 Å². The van der Waals surface area contributed by atoms with Crippen molar-refractivity contribution in [2.45, 2.75) is 20.8 Å². The summed E-state index contributed by atoms with van der Waals surface area (Å²) < 4.78 is 0. The smallest absolute Gasteiger partial charge is 0.270 e. The number of aromatic amines is 1. The van der Waals surface area contributed by atoms with E-state index in [1.807, 2.05) is 43.0 Å². The maximum Gasteiger partial charge on any atom is 0.270 e. The normalized spacial score (nSPS) is 15.8. The minimum absolute atomic E-state index is 0.0139. The first kappa shape index (κ1) is 17.5. The highest BCUT2D eigenvalue weighted by molar-refractivity contribution is 6.00. The van der Waals surface area contributed by atoms with Gasteiger partial charge in [0.2, 0.25) is 5.91 Å². The number of hydrogen-bond acceptors (Lipinski definition) is 3. The molecule has 2 heterocycles. The van der Waals surface area contributed by atoms with Gasteiger partial charge in [0.15, 0.2) is 0 Å². The van der Waals surface area contributed by atoms with Crippen molar-refractivity contribution < 1.29 is 9.59 Å². The molecule has 2 amide bonds. The van der Waals surface area contributed by atoms with Crippen molar-refractivity contribution in [2.75, 3.05) is 38.0 Å². The highest BCUT2D eigenvalue weighted by Crippen LogP contribution is 2.22.